The Hall–Kier alpha value is -0.410. The van der Waals surface area contributed by atoms with E-state index in [-0.39, 0.29) is 11.3 Å². The molecule has 19 heavy (non-hydrogen) atoms. The van der Waals surface area contributed by atoms with E-state index in [1.54, 1.807) is 0 Å². The summed E-state index contributed by atoms with van der Waals surface area (Å²) >= 11 is 0. The lowest BCUT2D eigenvalue weighted by atomic mass is 9.47. The van der Waals surface area contributed by atoms with Crippen molar-refractivity contribution in [3.63, 3.8) is 0 Å². The standard InChI is InChI=1S/C16H26O3/c1-14(2)6-4-7-15(3)12(14)5-8-16(13(15)11-17)18-9-10-19-16/h11-13H,4-10H2,1-3H3/t12-,13-,15-/m0/s1. The van der Waals surface area contributed by atoms with Crippen LogP contribution in [0.3, 0.4) is 0 Å². The van der Waals surface area contributed by atoms with Gasteiger partial charge in [0.2, 0.25) is 0 Å². The maximum absolute atomic E-state index is 11.8. The number of carbonyl (C=O) groups excluding carboxylic acids is 1. The van der Waals surface area contributed by atoms with Crippen LogP contribution in [0.4, 0.5) is 0 Å². The average molecular weight is 266 g/mol. The van der Waals surface area contributed by atoms with Crippen LogP contribution in [0.5, 0.6) is 0 Å². The monoisotopic (exact) mass is 266 g/mol. The highest BCUT2D eigenvalue weighted by Crippen LogP contribution is 2.62. The predicted molar refractivity (Wildman–Crippen MR) is 72.7 cm³/mol. The van der Waals surface area contributed by atoms with E-state index in [2.05, 4.69) is 20.8 Å². The Balaban J connectivity index is 1.99. The molecule has 3 aliphatic rings. The molecule has 3 nitrogen and oxygen atoms in total. The molecule has 1 saturated heterocycles. The Morgan fingerprint density at radius 2 is 1.74 bits per heavy atom. The summed E-state index contributed by atoms with van der Waals surface area (Å²) in [7, 11) is 0. The third-order valence-corrected chi connectivity index (χ3v) is 6.15. The summed E-state index contributed by atoms with van der Waals surface area (Å²) in [5.41, 5.74) is 0.362. The number of hydrogen-bond donors (Lipinski definition) is 0. The Labute approximate surface area is 116 Å². The van der Waals surface area contributed by atoms with Crippen LogP contribution in [0.1, 0.15) is 52.9 Å². The molecule has 108 valence electrons. The number of rotatable bonds is 1. The van der Waals surface area contributed by atoms with Crippen LogP contribution in [0.15, 0.2) is 0 Å². The van der Waals surface area contributed by atoms with Crippen molar-refractivity contribution in [3.8, 4) is 0 Å². The molecule has 3 atom stereocenters. The van der Waals surface area contributed by atoms with Gasteiger partial charge in [-0.3, -0.25) is 0 Å². The minimum Gasteiger partial charge on any atom is -0.347 e. The van der Waals surface area contributed by atoms with E-state index in [1.807, 2.05) is 0 Å². The van der Waals surface area contributed by atoms with Gasteiger partial charge < -0.3 is 14.3 Å². The molecule has 0 bridgehead atoms. The van der Waals surface area contributed by atoms with E-state index in [0.717, 1.165) is 25.5 Å². The van der Waals surface area contributed by atoms with Gasteiger partial charge in [-0.1, -0.05) is 27.2 Å². The van der Waals surface area contributed by atoms with Crippen molar-refractivity contribution in [1.29, 1.82) is 0 Å². The van der Waals surface area contributed by atoms with E-state index in [0.29, 0.717) is 24.5 Å². The van der Waals surface area contributed by atoms with Crippen molar-refractivity contribution < 1.29 is 14.3 Å². The van der Waals surface area contributed by atoms with Crippen LogP contribution < -0.4 is 0 Å². The highest BCUT2D eigenvalue weighted by atomic mass is 16.7. The topological polar surface area (TPSA) is 35.5 Å². The molecule has 1 heterocycles. The first kappa shape index (κ1) is 13.6. The molecule has 0 aromatic rings. The smallest absolute Gasteiger partial charge is 0.178 e. The minimum atomic E-state index is -0.611. The second kappa shape index (κ2) is 4.29. The van der Waals surface area contributed by atoms with Crippen LogP contribution in [0.2, 0.25) is 0 Å². The molecule has 0 aromatic heterocycles. The van der Waals surface area contributed by atoms with Gasteiger partial charge in [-0.2, -0.15) is 0 Å². The Morgan fingerprint density at radius 3 is 2.37 bits per heavy atom. The SMILES string of the molecule is CC1(C)CCC[C@]2(C)[C@H](C=O)C3(CC[C@@H]12)OCCO3. The zero-order chi connectivity index (χ0) is 13.7. The largest absolute Gasteiger partial charge is 0.347 e. The van der Waals surface area contributed by atoms with Crippen LogP contribution >= 0.6 is 0 Å². The van der Waals surface area contributed by atoms with Crippen molar-refractivity contribution in [1.82, 2.24) is 0 Å². The van der Waals surface area contributed by atoms with Crippen molar-refractivity contribution >= 4 is 6.29 Å². The fourth-order valence-electron chi connectivity index (χ4n) is 5.32. The summed E-state index contributed by atoms with van der Waals surface area (Å²) in [4.78, 5) is 11.8. The molecule has 3 heteroatoms. The number of carbonyl (C=O) groups is 1. The van der Waals surface area contributed by atoms with Gasteiger partial charge in [0, 0.05) is 6.42 Å². The summed E-state index contributed by atoms with van der Waals surface area (Å²) < 4.78 is 11.8. The molecule has 0 unspecified atom stereocenters. The molecule has 0 N–H and O–H groups in total. The Bertz CT molecular complexity index is 370. The zero-order valence-corrected chi connectivity index (χ0v) is 12.4. The summed E-state index contributed by atoms with van der Waals surface area (Å²) in [6, 6.07) is 0. The maximum atomic E-state index is 11.8. The summed E-state index contributed by atoms with van der Waals surface area (Å²) in [5.74, 6) is -0.122. The van der Waals surface area contributed by atoms with E-state index in [9.17, 15) is 4.79 Å². The van der Waals surface area contributed by atoms with E-state index >= 15 is 0 Å². The van der Waals surface area contributed by atoms with Crippen molar-refractivity contribution in [2.75, 3.05) is 13.2 Å². The first-order valence-electron chi connectivity index (χ1n) is 7.68. The van der Waals surface area contributed by atoms with Gasteiger partial charge in [-0.15, -0.1) is 0 Å². The minimum absolute atomic E-state index is 0.0338. The van der Waals surface area contributed by atoms with Crippen LogP contribution in [0.25, 0.3) is 0 Å². The average Bonchev–Trinajstić information content (AvgIpc) is 2.77. The number of fused-ring (bicyclic) bond motifs is 1. The first-order chi connectivity index (χ1) is 8.95. The molecular formula is C16H26O3. The normalized spacial score (nSPS) is 43.9. The van der Waals surface area contributed by atoms with Gasteiger partial charge in [0.05, 0.1) is 19.1 Å². The van der Waals surface area contributed by atoms with Gasteiger partial charge in [0.15, 0.2) is 5.79 Å². The lowest BCUT2D eigenvalue weighted by Crippen LogP contribution is -2.59. The van der Waals surface area contributed by atoms with Gasteiger partial charge in [0.25, 0.3) is 0 Å². The molecule has 0 aromatic carbocycles. The summed E-state index contributed by atoms with van der Waals surface area (Å²) in [6.45, 7) is 8.29. The molecule has 0 amide bonds. The van der Waals surface area contributed by atoms with Gasteiger partial charge in [0.1, 0.15) is 6.29 Å². The maximum Gasteiger partial charge on any atom is 0.178 e. The van der Waals surface area contributed by atoms with Crippen LogP contribution in [-0.4, -0.2) is 25.3 Å². The second-order valence-corrected chi connectivity index (χ2v) is 7.56. The Kier molecular flexibility index (Phi) is 3.06. The number of aldehydes is 1. The van der Waals surface area contributed by atoms with Crippen molar-refractivity contribution in [2.45, 2.75) is 58.7 Å². The Morgan fingerprint density at radius 1 is 1.05 bits per heavy atom. The van der Waals surface area contributed by atoms with Crippen LogP contribution in [-0.2, 0) is 14.3 Å². The second-order valence-electron chi connectivity index (χ2n) is 7.56. The molecule has 2 saturated carbocycles. The predicted octanol–water partition coefficient (Wildman–Crippen LogP) is 3.17. The molecule has 0 radical (unpaired) electrons. The quantitative estimate of drug-likeness (QED) is 0.684. The highest BCUT2D eigenvalue weighted by molar-refractivity contribution is 5.58. The highest BCUT2D eigenvalue weighted by Gasteiger charge is 2.62. The fraction of sp³-hybridized carbons (Fsp3) is 0.938. The molecule has 1 spiro atoms. The van der Waals surface area contributed by atoms with Crippen LogP contribution in [0, 0.1) is 22.7 Å². The van der Waals surface area contributed by atoms with E-state index in [1.165, 1.54) is 12.8 Å². The van der Waals surface area contributed by atoms with E-state index < -0.39 is 5.79 Å². The zero-order valence-electron chi connectivity index (χ0n) is 12.4. The third kappa shape index (κ3) is 1.81. The van der Waals surface area contributed by atoms with Gasteiger partial charge >= 0.3 is 0 Å². The summed E-state index contributed by atoms with van der Waals surface area (Å²) in [6.07, 6.45) is 6.72. The van der Waals surface area contributed by atoms with E-state index in [4.69, 9.17) is 9.47 Å². The molecule has 2 aliphatic carbocycles. The van der Waals surface area contributed by atoms with Crippen molar-refractivity contribution in [2.24, 2.45) is 22.7 Å². The van der Waals surface area contributed by atoms with Gasteiger partial charge in [-0.25, -0.2) is 0 Å². The fourth-order valence-corrected chi connectivity index (χ4v) is 5.32. The third-order valence-electron chi connectivity index (χ3n) is 6.15. The lowest BCUT2D eigenvalue weighted by molar-refractivity contribution is -0.259. The van der Waals surface area contributed by atoms with Gasteiger partial charge in [-0.05, 0) is 36.0 Å². The lowest BCUT2D eigenvalue weighted by Gasteiger charge is -2.59. The number of ether oxygens (including phenoxy) is 2. The molecular weight excluding hydrogens is 240 g/mol. The summed E-state index contributed by atoms with van der Waals surface area (Å²) in [5, 5.41) is 0. The molecule has 3 fully saturated rings. The van der Waals surface area contributed by atoms with Crippen molar-refractivity contribution in [3.05, 3.63) is 0 Å². The molecule has 1 aliphatic heterocycles. The number of hydrogen-bond acceptors (Lipinski definition) is 3. The molecule has 3 rings (SSSR count). The first-order valence-corrected chi connectivity index (χ1v) is 7.68.